The quantitative estimate of drug-likeness (QED) is 0.255. The number of nitrogens with zero attached hydrogens (tertiary/aromatic N) is 1. The number of nitrogens with two attached hydrogens (primary N) is 1. The molecule has 1 rings (SSSR count). The van der Waals surface area contributed by atoms with Gasteiger partial charge < -0.3 is 15.7 Å². The lowest BCUT2D eigenvalue weighted by Crippen LogP contribution is -2.14. The summed E-state index contributed by atoms with van der Waals surface area (Å²) in [4.78, 5) is 0. The van der Waals surface area contributed by atoms with Gasteiger partial charge in [-0.1, -0.05) is 23.4 Å². The molecule has 0 unspecified atom stereocenters. The van der Waals surface area contributed by atoms with Crippen LogP contribution < -0.4 is 5.73 Å². The molecule has 0 heterocycles. The smallest absolute Gasteiger partial charge is 0.141 e. The minimum absolute atomic E-state index is 0.100. The van der Waals surface area contributed by atoms with E-state index in [-0.39, 0.29) is 18.3 Å². The summed E-state index contributed by atoms with van der Waals surface area (Å²) in [6, 6.07) is 6.39. The predicted molar refractivity (Wildman–Crippen MR) is 54.1 cm³/mol. The van der Waals surface area contributed by atoms with Crippen molar-refractivity contribution in [1.29, 1.82) is 0 Å². The molecule has 0 saturated heterocycles. The predicted octanol–water partition coefficient (Wildman–Crippen LogP) is 1.48. The molecule has 1 aromatic rings. The van der Waals surface area contributed by atoms with E-state index in [0.717, 1.165) is 0 Å². The van der Waals surface area contributed by atoms with Gasteiger partial charge in [0.25, 0.3) is 0 Å². The first-order valence-electron chi connectivity index (χ1n) is 4.51. The Morgan fingerprint density at radius 2 is 2.20 bits per heavy atom. The SMILES string of the molecule is NC(CCOCc1ccccc1F)=NO. The first kappa shape index (κ1) is 11.5. The Kier molecular flexibility index (Phi) is 4.56. The summed E-state index contributed by atoms with van der Waals surface area (Å²) in [5.41, 5.74) is 5.73. The second kappa shape index (κ2) is 5.98. The summed E-state index contributed by atoms with van der Waals surface area (Å²) in [5.74, 6) is -0.190. The van der Waals surface area contributed by atoms with Gasteiger partial charge in [-0.15, -0.1) is 0 Å². The monoisotopic (exact) mass is 212 g/mol. The zero-order valence-corrected chi connectivity index (χ0v) is 8.19. The molecule has 0 saturated carbocycles. The van der Waals surface area contributed by atoms with Crippen molar-refractivity contribution in [3.8, 4) is 0 Å². The highest BCUT2D eigenvalue weighted by atomic mass is 19.1. The van der Waals surface area contributed by atoms with Crippen LogP contribution in [-0.2, 0) is 11.3 Å². The zero-order chi connectivity index (χ0) is 11.1. The molecule has 0 aliphatic carbocycles. The van der Waals surface area contributed by atoms with Gasteiger partial charge in [-0.2, -0.15) is 0 Å². The largest absolute Gasteiger partial charge is 0.409 e. The van der Waals surface area contributed by atoms with Gasteiger partial charge in [-0.3, -0.25) is 0 Å². The molecule has 3 N–H and O–H groups in total. The van der Waals surface area contributed by atoms with Gasteiger partial charge in [-0.05, 0) is 6.07 Å². The molecule has 0 bridgehead atoms. The Labute approximate surface area is 87.2 Å². The molecule has 5 heteroatoms. The fourth-order valence-electron chi connectivity index (χ4n) is 1.02. The third kappa shape index (κ3) is 3.95. The summed E-state index contributed by atoms with van der Waals surface area (Å²) in [6.07, 6.45) is 0.324. The molecule has 0 aliphatic rings. The Morgan fingerprint density at radius 3 is 2.87 bits per heavy atom. The Bertz CT molecular complexity index is 342. The van der Waals surface area contributed by atoms with E-state index in [1.54, 1.807) is 18.2 Å². The third-order valence-electron chi connectivity index (χ3n) is 1.85. The molecule has 0 fully saturated rings. The first-order chi connectivity index (χ1) is 7.24. The van der Waals surface area contributed by atoms with E-state index in [9.17, 15) is 4.39 Å². The maximum Gasteiger partial charge on any atom is 0.141 e. The zero-order valence-electron chi connectivity index (χ0n) is 8.19. The van der Waals surface area contributed by atoms with Crippen molar-refractivity contribution >= 4 is 5.84 Å². The Morgan fingerprint density at radius 1 is 1.47 bits per heavy atom. The van der Waals surface area contributed by atoms with Crippen LogP contribution in [0.4, 0.5) is 4.39 Å². The Hall–Kier alpha value is -1.62. The molecular formula is C10H13FN2O2. The molecule has 1 aromatic carbocycles. The number of hydrogen-bond acceptors (Lipinski definition) is 3. The summed E-state index contributed by atoms with van der Waals surface area (Å²) in [7, 11) is 0. The van der Waals surface area contributed by atoms with Gasteiger partial charge in [0.2, 0.25) is 0 Å². The van der Waals surface area contributed by atoms with E-state index < -0.39 is 0 Å². The normalized spacial score (nSPS) is 11.7. The van der Waals surface area contributed by atoms with Crippen LogP contribution in [0.5, 0.6) is 0 Å². The second-order valence-corrected chi connectivity index (χ2v) is 2.99. The van der Waals surface area contributed by atoms with Crippen LogP contribution in [0, 0.1) is 5.82 Å². The van der Waals surface area contributed by atoms with E-state index in [2.05, 4.69) is 5.16 Å². The molecule has 0 atom stereocenters. The molecule has 0 spiro atoms. The maximum atomic E-state index is 13.1. The van der Waals surface area contributed by atoms with Gasteiger partial charge in [-0.25, -0.2) is 4.39 Å². The lowest BCUT2D eigenvalue weighted by molar-refractivity contribution is 0.124. The number of hydrogen-bond donors (Lipinski definition) is 2. The highest BCUT2D eigenvalue weighted by Crippen LogP contribution is 2.07. The van der Waals surface area contributed by atoms with Crippen molar-refractivity contribution in [2.75, 3.05) is 6.61 Å². The van der Waals surface area contributed by atoms with Gasteiger partial charge in [0.15, 0.2) is 0 Å². The molecule has 0 radical (unpaired) electrons. The van der Waals surface area contributed by atoms with Gasteiger partial charge in [0.1, 0.15) is 11.7 Å². The van der Waals surface area contributed by atoms with Crippen LogP contribution in [0.25, 0.3) is 0 Å². The molecular weight excluding hydrogens is 199 g/mol. The third-order valence-corrected chi connectivity index (χ3v) is 1.85. The lowest BCUT2D eigenvalue weighted by atomic mass is 10.2. The van der Waals surface area contributed by atoms with Crippen LogP contribution in [0.15, 0.2) is 29.4 Å². The topological polar surface area (TPSA) is 67.8 Å². The van der Waals surface area contributed by atoms with E-state index in [0.29, 0.717) is 18.6 Å². The molecule has 4 nitrogen and oxygen atoms in total. The Balaban J connectivity index is 2.29. The summed E-state index contributed by atoms with van der Waals surface area (Å²) in [6.45, 7) is 0.482. The fourth-order valence-corrected chi connectivity index (χ4v) is 1.02. The molecule has 82 valence electrons. The molecule has 0 aliphatic heterocycles. The highest BCUT2D eigenvalue weighted by Gasteiger charge is 2.00. The average Bonchev–Trinajstić information content (AvgIpc) is 2.26. The number of oxime groups is 1. The van der Waals surface area contributed by atoms with Crippen LogP contribution in [0.2, 0.25) is 0 Å². The number of rotatable bonds is 5. The highest BCUT2D eigenvalue weighted by molar-refractivity contribution is 5.79. The van der Waals surface area contributed by atoms with Gasteiger partial charge in [0, 0.05) is 12.0 Å². The number of ether oxygens (including phenoxy) is 1. The summed E-state index contributed by atoms with van der Waals surface area (Å²) >= 11 is 0. The second-order valence-electron chi connectivity index (χ2n) is 2.99. The van der Waals surface area contributed by atoms with Crippen molar-refractivity contribution in [3.63, 3.8) is 0 Å². The molecule has 15 heavy (non-hydrogen) atoms. The fraction of sp³-hybridized carbons (Fsp3) is 0.300. The minimum atomic E-state index is -0.290. The van der Waals surface area contributed by atoms with Crippen molar-refractivity contribution in [2.45, 2.75) is 13.0 Å². The van der Waals surface area contributed by atoms with Crippen LogP contribution in [0.3, 0.4) is 0 Å². The standard InChI is InChI=1S/C10H13FN2O2/c11-9-4-2-1-3-8(9)7-15-6-5-10(12)13-14/h1-4,14H,5-7H2,(H2,12,13). The maximum absolute atomic E-state index is 13.1. The van der Waals surface area contributed by atoms with Crippen LogP contribution >= 0.6 is 0 Å². The van der Waals surface area contributed by atoms with Gasteiger partial charge >= 0.3 is 0 Å². The number of amidine groups is 1. The molecule has 0 aromatic heterocycles. The first-order valence-corrected chi connectivity index (χ1v) is 4.51. The average molecular weight is 212 g/mol. The van der Waals surface area contributed by atoms with Crippen molar-refractivity contribution < 1.29 is 14.3 Å². The number of benzene rings is 1. The van der Waals surface area contributed by atoms with Crippen molar-refractivity contribution in [1.82, 2.24) is 0 Å². The number of halogens is 1. The van der Waals surface area contributed by atoms with Crippen molar-refractivity contribution in [2.24, 2.45) is 10.9 Å². The minimum Gasteiger partial charge on any atom is -0.409 e. The van der Waals surface area contributed by atoms with Gasteiger partial charge in [0.05, 0.1) is 13.2 Å². The molecule has 0 amide bonds. The van der Waals surface area contributed by atoms with Crippen LogP contribution in [0.1, 0.15) is 12.0 Å². The van der Waals surface area contributed by atoms with E-state index in [4.69, 9.17) is 15.7 Å². The summed E-state index contributed by atoms with van der Waals surface area (Å²) in [5, 5.41) is 11.0. The van der Waals surface area contributed by atoms with Crippen molar-refractivity contribution in [3.05, 3.63) is 35.6 Å². The lowest BCUT2D eigenvalue weighted by Gasteiger charge is -2.04. The van der Waals surface area contributed by atoms with E-state index >= 15 is 0 Å². The van der Waals surface area contributed by atoms with E-state index in [1.807, 2.05) is 0 Å². The van der Waals surface area contributed by atoms with E-state index in [1.165, 1.54) is 6.07 Å². The summed E-state index contributed by atoms with van der Waals surface area (Å²) < 4.78 is 18.2. The van der Waals surface area contributed by atoms with Crippen LogP contribution in [-0.4, -0.2) is 17.6 Å².